The maximum Gasteiger partial charge on any atom is 0.266 e. The largest absolute Gasteiger partial charge is 0.266 e. The molecule has 2 saturated carbocycles. The Morgan fingerprint density at radius 1 is 1.00 bits per heavy atom. The van der Waals surface area contributed by atoms with Gasteiger partial charge in [-0.05, 0) is 61.0 Å². The topological polar surface area (TPSA) is 0 Å². The molecule has 0 N–H and O–H groups in total. The van der Waals surface area contributed by atoms with E-state index in [1.807, 2.05) is 0 Å². The van der Waals surface area contributed by atoms with Crippen LogP contribution >= 0.6 is 0 Å². The molecule has 2 aliphatic carbocycles. The van der Waals surface area contributed by atoms with Gasteiger partial charge in [0.25, 0.3) is 6.43 Å². The summed E-state index contributed by atoms with van der Waals surface area (Å²) in [5.41, 5.74) is 0.458. The molecule has 0 heterocycles. The number of rotatable bonds is 6. The van der Waals surface area contributed by atoms with Gasteiger partial charge < -0.3 is 0 Å². The van der Waals surface area contributed by atoms with Gasteiger partial charge in [0.1, 0.15) is 5.82 Å². The van der Waals surface area contributed by atoms with E-state index in [0.29, 0.717) is 5.92 Å². The Bertz CT molecular complexity index is 561. The summed E-state index contributed by atoms with van der Waals surface area (Å²) in [6, 6.07) is 4.40. The molecule has 3 heteroatoms. The number of halogens is 3. The van der Waals surface area contributed by atoms with E-state index in [9.17, 15) is 13.2 Å². The maximum atomic E-state index is 14.0. The Hall–Kier alpha value is -0.990. The Morgan fingerprint density at radius 2 is 1.77 bits per heavy atom. The second kappa shape index (κ2) is 9.28. The van der Waals surface area contributed by atoms with Gasteiger partial charge in [-0.2, -0.15) is 0 Å². The predicted molar refractivity (Wildman–Crippen MR) is 101 cm³/mol. The second-order valence-corrected chi connectivity index (χ2v) is 8.63. The van der Waals surface area contributed by atoms with Crippen LogP contribution in [0.3, 0.4) is 0 Å². The highest BCUT2D eigenvalue weighted by Crippen LogP contribution is 2.45. The van der Waals surface area contributed by atoms with Gasteiger partial charge in [-0.15, -0.1) is 0 Å². The summed E-state index contributed by atoms with van der Waals surface area (Å²) in [4.78, 5) is 0. The van der Waals surface area contributed by atoms with Crippen LogP contribution in [-0.2, 0) is 0 Å². The van der Waals surface area contributed by atoms with Crippen LogP contribution in [0.15, 0.2) is 18.2 Å². The summed E-state index contributed by atoms with van der Waals surface area (Å²) in [6.45, 7) is 2.27. The third kappa shape index (κ3) is 4.84. The van der Waals surface area contributed by atoms with Crippen molar-refractivity contribution < 1.29 is 13.2 Å². The van der Waals surface area contributed by atoms with E-state index >= 15 is 0 Å². The fourth-order valence-corrected chi connectivity index (χ4v) is 5.37. The smallest absolute Gasteiger partial charge is 0.206 e. The van der Waals surface area contributed by atoms with Crippen LogP contribution < -0.4 is 0 Å². The van der Waals surface area contributed by atoms with Gasteiger partial charge in [0.15, 0.2) is 0 Å². The van der Waals surface area contributed by atoms with Gasteiger partial charge in [0, 0.05) is 0 Å². The van der Waals surface area contributed by atoms with E-state index in [1.165, 1.54) is 69.9 Å². The molecule has 2 aliphatic rings. The lowest BCUT2D eigenvalue weighted by molar-refractivity contribution is 0.145. The monoisotopic (exact) mass is 366 g/mol. The first kappa shape index (κ1) is 19.8. The van der Waals surface area contributed by atoms with Gasteiger partial charge in [-0.3, -0.25) is 0 Å². The third-order valence-electron chi connectivity index (χ3n) is 6.97. The molecule has 0 bridgehead atoms. The van der Waals surface area contributed by atoms with Crippen molar-refractivity contribution in [3.8, 4) is 0 Å². The molecule has 0 aliphatic heterocycles. The molecule has 0 unspecified atom stereocenters. The van der Waals surface area contributed by atoms with Crippen LogP contribution in [0.5, 0.6) is 0 Å². The fourth-order valence-electron chi connectivity index (χ4n) is 5.37. The van der Waals surface area contributed by atoms with Crippen LogP contribution in [0.2, 0.25) is 0 Å². The van der Waals surface area contributed by atoms with Gasteiger partial charge in [0.05, 0.1) is 5.56 Å². The SMILES string of the molecule is CCCCC1CCC([C@H]2CCC[C@H](c3ccc(C(F)F)c(F)c3)C2)CC1. The second-order valence-electron chi connectivity index (χ2n) is 8.63. The van der Waals surface area contributed by atoms with Crippen LogP contribution in [-0.4, -0.2) is 0 Å². The maximum absolute atomic E-state index is 14.0. The number of benzene rings is 1. The molecule has 0 amide bonds. The summed E-state index contributed by atoms with van der Waals surface area (Å²) < 4.78 is 39.5. The molecule has 0 saturated heterocycles. The van der Waals surface area contributed by atoms with Gasteiger partial charge >= 0.3 is 0 Å². The van der Waals surface area contributed by atoms with E-state index in [0.717, 1.165) is 36.2 Å². The van der Waals surface area contributed by atoms with Crippen LogP contribution in [0.4, 0.5) is 13.2 Å². The molecule has 1 aromatic rings. The molecule has 0 radical (unpaired) electrons. The van der Waals surface area contributed by atoms with Crippen molar-refractivity contribution in [2.24, 2.45) is 17.8 Å². The van der Waals surface area contributed by atoms with Gasteiger partial charge in [-0.1, -0.05) is 64.0 Å². The summed E-state index contributed by atoms with van der Waals surface area (Å²) in [5, 5.41) is 0. The molecule has 26 heavy (non-hydrogen) atoms. The first-order chi connectivity index (χ1) is 12.6. The zero-order valence-corrected chi connectivity index (χ0v) is 16.0. The highest BCUT2D eigenvalue weighted by molar-refractivity contribution is 5.28. The van der Waals surface area contributed by atoms with Crippen LogP contribution in [0.25, 0.3) is 0 Å². The lowest BCUT2D eigenvalue weighted by Crippen LogP contribution is -2.26. The number of hydrogen-bond acceptors (Lipinski definition) is 0. The normalized spacial score (nSPS) is 29.9. The van der Waals surface area contributed by atoms with Crippen molar-refractivity contribution in [2.45, 2.75) is 89.9 Å². The Balaban J connectivity index is 1.57. The third-order valence-corrected chi connectivity index (χ3v) is 6.97. The van der Waals surface area contributed by atoms with E-state index in [2.05, 4.69) is 6.92 Å². The quantitative estimate of drug-likeness (QED) is 0.478. The molecule has 0 spiro atoms. The van der Waals surface area contributed by atoms with Crippen molar-refractivity contribution >= 4 is 0 Å². The zero-order chi connectivity index (χ0) is 18.5. The van der Waals surface area contributed by atoms with Crippen LogP contribution in [0, 0.1) is 23.6 Å². The molecular formula is C23H33F3. The number of unbranched alkanes of at least 4 members (excludes halogenated alkanes) is 1. The highest BCUT2D eigenvalue weighted by atomic mass is 19.3. The Morgan fingerprint density at radius 3 is 2.42 bits per heavy atom. The van der Waals surface area contributed by atoms with Crippen LogP contribution in [0.1, 0.15) is 101 Å². The molecular weight excluding hydrogens is 333 g/mol. The minimum atomic E-state index is -2.73. The fraction of sp³-hybridized carbons (Fsp3) is 0.739. The minimum Gasteiger partial charge on any atom is -0.206 e. The van der Waals surface area contributed by atoms with Crippen molar-refractivity contribution in [1.82, 2.24) is 0 Å². The lowest BCUT2D eigenvalue weighted by Gasteiger charge is -2.38. The first-order valence-electron chi connectivity index (χ1n) is 10.7. The first-order valence-corrected chi connectivity index (χ1v) is 10.7. The molecule has 2 fully saturated rings. The van der Waals surface area contributed by atoms with E-state index < -0.39 is 17.8 Å². The van der Waals surface area contributed by atoms with E-state index in [4.69, 9.17) is 0 Å². The number of alkyl halides is 2. The molecule has 2 atom stereocenters. The van der Waals surface area contributed by atoms with Gasteiger partial charge in [-0.25, -0.2) is 13.2 Å². The van der Waals surface area contributed by atoms with Gasteiger partial charge in [0.2, 0.25) is 0 Å². The van der Waals surface area contributed by atoms with Crippen molar-refractivity contribution in [1.29, 1.82) is 0 Å². The van der Waals surface area contributed by atoms with E-state index in [1.54, 1.807) is 6.07 Å². The summed E-state index contributed by atoms with van der Waals surface area (Å²) in [6.07, 6.45) is 11.4. The average molecular weight is 367 g/mol. The predicted octanol–water partition coefficient (Wildman–Crippen LogP) is 8.03. The molecule has 3 rings (SSSR count). The van der Waals surface area contributed by atoms with Crippen molar-refractivity contribution in [2.75, 3.05) is 0 Å². The Kier molecular flexibility index (Phi) is 7.05. The lowest BCUT2D eigenvalue weighted by atomic mass is 9.67. The van der Waals surface area contributed by atoms with Crippen molar-refractivity contribution in [3.63, 3.8) is 0 Å². The van der Waals surface area contributed by atoms with E-state index in [-0.39, 0.29) is 0 Å². The summed E-state index contributed by atoms with van der Waals surface area (Å²) in [5.74, 6) is 2.09. The Labute approximate surface area is 156 Å². The summed E-state index contributed by atoms with van der Waals surface area (Å²) >= 11 is 0. The summed E-state index contributed by atoms with van der Waals surface area (Å²) in [7, 11) is 0. The zero-order valence-electron chi connectivity index (χ0n) is 16.0. The van der Waals surface area contributed by atoms with Crippen molar-refractivity contribution in [3.05, 3.63) is 35.1 Å². The minimum absolute atomic E-state index is 0.341. The average Bonchev–Trinajstić information content (AvgIpc) is 2.66. The standard InChI is InChI=1S/C23H33F3/c1-2-3-5-16-8-10-17(11-9-16)18-6-4-7-19(14-18)20-12-13-21(23(25)26)22(24)15-20/h12-13,15-19,23H,2-11,14H2,1H3/t16?,17?,18-,19-/m0/s1. The highest BCUT2D eigenvalue weighted by Gasteiger charge is 2.32. The number of hydrogen-bond donors (Lipinski definition) is 0. The molecule has 146 valence electrons. The molecule has 1 aromatic carbocycles. The molecule has 0 aromatic heterocycles. The molecule has 0 nitrogen and oxygen atoms in total.